The van der Waals surface area contributed by atoms with Crippen molar-refractivity contribution in [3.8, 4) is 11.3 Å². The molecule has 0 N–H and O–H groups in total. The lowest BCUT2D eigenvalue weighted by atomic mass is 9.96. The number of benzene rings is 2. The van der Waals surface area contributed by atoms with E-state index in [9.17, 15) is 0 Å². The number of nitrogens with zero attached hydrogens (tertiary/aromatic N) is 1. The quantitative estimate of drug-likeness (QED) is 0.572. The molecule has 0 saturated heterocycles. The lowest BCUT2D eigenvalue weighted by Gasteiger charge is -2.10. The van der Waals surface area contributed by atoms with Gasteiger partial charge in [-0.1, -0.05) is 49.9 Å². The van der Waals surface area contributed by atoms with Crippen LogP contribution in [-0.4, -0.2) is 0 Å². The number of aromatic nitrogens is 1. The summed E-state index contributed by atoms with van der Waals surface area (Å²) in [6.07, 6.45) is 6.90. The third-order valence-corrected chi connectivity index (χ3v) is 5.66. The zero-order valence-corrected chi connectivity index (χ0v) is 14.8. The predicted octanol–water partition coefficient (Wildman–Crippen LogP) is 5.37. The van der Waals surface area contributed by atoms with E-state index in [4.69, 9.17) is 0 Å². The summed E-state index contributed by atoms with van der Waals surface area (Å²) in [6, 6.07) is 20.2. The maximum absolute atomic E-state index is 2.41. The Bertz CT molecular complexity index is 872. The highest BCUT2D eigenvalue weighted by Crippen LogP contribution is 2.29. The molecule has 1 aromatic heterocycles. The van der Waals surface area contributed by atoms with Gasteiger partial charge in [-0.2, -0.15) is 4.57 Å². The molecule has 24 heavy (non-hydrogen) atoms. The Balaban J connectivity index is 1.77. The van der Waals surface area contributed by atoms with Crippen molar-refractivity contribution in [2.45, 2.75) is 39.0 Å². The first-order chi connectivity index (χ1) is 11.7. The van der Waals surface area contributed by atoms with Gasteiger partial charge >= 0.3 is 0 Å². The molecule has 4 rings (SSSR count). The number of fused-ring (bicyclic) bond motifs is 1. The van der Waals surface area contributed by atoms with Crippen LogP contribution in [0.3, 0.4) is 0 Å². The van der Waals surface area contributed by atoms with E-state index in [1.807, 2.05) is 0 Å². The summed E-state index contributed by atoms with van der Waals surface area (Å²) in [5.74, 6) is 0.896. The van der Waals surface area contributed by atoms with Crippen molar-refractivity contribution in [3.05, 3.63) is 65.7 Å². The van der Waals surface area contributed by atoms with E-state index in [-0.39, 0.29) is 0 Å². The van der Waals surface area contributed by atoms with Crippen molar-refractivity contribution in [1.29, 1.82) is 0 Å². The molecule has 0 radical (unpaired) electrons. The fourth-order valence-corrected chi connectivity index (χ4v) is 4.24. The SMILES string of the molecule is Cc1ccccc1-c1ccc2ccc(CC3CCCC3)cc2[n+]1C. The van der Waals surface area contributed by atoms with Gasteiger partial charge in [-0.15, -0.1) is 0 Å². The van der Waals surface area contributed by atoms with Crippen molar-refractivity contribution in [2.24, 2.45) is 13.0 Å². The normalized spacial score (nSPS) is 15.2. The molecule has 0 atom stereocenters. The van der Waals surface area contributed by atoms with Gasteiger partial charge in [0.15, 0.2) is 0 Å². The second-order valence-corrected chi connectivity index (χ2v) is 7.34. The van der Waals surface area contributed by atoms with Gasteiger partial charge < -0.3 is 0 Å². The van der Waals surface area contributed by atoms with Gasteiger partial charge in [-0.25, -0.2) is 0 Å². The van der Waals surface area contributed by atoms with Crippen LogP contribution in [0.2, 0.25) is 0 Å². The van der Waals surface area contributed by atoms with Crippen LogP contribution in [0.15, 0.2) is 54.6 Å². The average Bonchev–Trinajstić information content (AvgIpc) is 3.10. The standard InChI is InChI=1S/C23H26N/c1-17-7-3-6-10-21(17)22-14-13-20-12-11-19(16-23(20)24(22)2)15-18-8-4-5-9-18/h3,6-7,10-14,16,18H,4-5,8-9,15H2,1-2H3/q+1. The van der Waals surface area contributed by atoms with Gasteiger partial charge in [-0.3, -0.25) is 0 Å². The fraction of sp³-hybridized carbons (Fsp3) is 0.348. The highest BCUT2D eigenvalue weighted by Gasteiger charge is 2.18. The molecule has 3 aromatic rings. The number of aryl methyl sites for hydroxylation is 2. The Hall–Kier alpha value is -2.15. The average molecular weight is 316 g/mol. The largest absolute Gasteiger partial charge is 0.213 e. The number of rotatable bonds is 3. The highest BCUT2D eigenvalue weighted by atomic mass is 14.9. The topological polar surface area (TPSA) is 3.88 Å². The highest BCUT2D eigenvalue weighted by molar-refractivity contribution is 5.78. The van der Waals surface area contributed by atoms with Crippen LogP contribution in [0.1, 0.15) is 36.8 Å². The number of hydrogen-bond donors (Lipinski definition) is 0. The first-order valence-electron chi connectivity index (χ1n) is 9.20. The summed E-state index contributed by atoms with van der Waals surface area (Å²) in [6.45, 7) is 2.19. The lowest BCUT2D eigenvalue weighted by molar-refractivity contribution is -0.633. The van der Waals surface area contributed by atoms with Gasteiger partial charge in [0, 0.05) is 23.1 Å². The van der Waals surface area contributed by atoms with E-state index < -0.39 is 0 Å². The lowest BCUT2D eigenvalue weighted by Crippen LogP contribution is -2.32. The Morgan fingerprint density at radius 3 is 2.50 bits per heavy atom. The van der Waals surface area contributed by atoms with E-state index in [0.29, 0.717) is 0 Å². The maximum atomic E-state index is 2.41. The van der Waals surface area contributed by atoms with Crippen molar-refractivity contribution >= 4 is 10.9 Å². The minimum Gasteiger partial charge on any atom is -0.194 e. The smallest absolute Gasteiger partial charge is 0.194 e. The Morgan fingerprint density at radius 2 is 1.71 bits per heavy atom. The van der Waals surface area contributed by atoms with E-state index in [0.717, 1.165) is 5.92 Å². The molecule has 0 unspecified atom stereocenters. The Kier molecular flexibility index (Phi) is 4.10. The molecular formula is C23H26N+. The summed E-state index contributed by atoms with van der Waals surface area (Å²) in [4.78, 5) is 0. The zero-order valence-electron chi connectivity index (χ0n) is 14.8. The zero-order chi connectivity index (χ0) is 16.5. The molecule has 2 aromatic carbocycles. The first kappa shape index (κ1) is 15.4. The van der Waals surface area contributed by atoms with Crippen LogP contribution in [0.4, 0.5) is 0 Å². The molecule has 1 aliphatic carbocycles. The van der Waals surface area contributed by atoms with Crippen LogP contribution in [0.25, 0.3) is 22.2 Å². The molecule has 1 heterocycles. The molecule has 0 bridgehead atoms. The monoisotopic (exact) mass is 316 g/mol. The summed E-state index contributed by atoms with van der Waals surface area (Å²) >= 11 is 0. The molecule has 0 aliphatic heterocycles. The van der Waals surface area contributed by atoms with Crippen molar-refractivity contribution in [3.63, 3.8) is 0 Å². The molecule has 1 fully saturated rings. The molecule has 0 spiro atoms. The Labute approximate surface area is 145 Å². The molecule has 1 saturated carbocycles. The number of hydrogen-bond acceptors (Lipinski definition) is 0. The molecule has 0 amide bonds. The van der Waals surface area contributed by atoms with E-state index in [2.05, 4.69) is 73.1 Å². The summed E-state index contributed by atoms with van der Waals surface area (Å²) in [5.41, 5.74) is 6.77. The van der Waals surface area contributed by atoms with Crippen LogP contribution >= 0.6 is 0 Å². The van der Waals surface area contributed by atoms with Crippen LogP contribution < -0.4 is 4.57 Å². The van der Waals surface area contributed by atoms with Crippen molar-refractivity contribution < 1.29 is 4.57 Å². The molecule has 1 heteroatoms. The third kappa shape index (κ3) is 2.84. The van der Waals surface area contributed by atoms with Crippen LogP contribution in [-0.2, 0) is 13.5 Å². The van der Waals surface area contributed by atoms with Crippen LogP contribution in [0, 0.1) is 12.8 Å². The van der Waals surface area contributed by atoms with Gasteiger partial charge in [0.2, 0.25) is 11.2 Å². The minimum atomic E-state index is 0.896. The fourth-order valence-electron chi connectivity index (χ4n) is 4.24. The Morgan fingerprint density at radius 1 is 0.958 bits per heavy atom. The van der Waals surface area contributed by atoms with Crippen molar-refractivity contribution in [2.75, 3.05) is 0 Å². The van der Waals surface area contributed by atoms with Gasteiger partial charge in [0.1, 0.15) is 7.05 Å². The van der Waals surface area contributed by atoms with E-state index in [1.165, 1.54) is 65.4 Å². The van der Waals surface area contributed by atoms with E-state index >= 15 is 0 Å². The molecule has 122 valence electrons. The van der Waals surface area contributed by atoms with Crippen molar-refractivity contribution in [1.82, 2.24) is 0 Å². The van der Waals surface area contributed by atoms with Crippen LogP contribution in [0.5, 0.6) is 0 Å². The summed E-state index contributed by atoms with van der Waals surface area (Å²) < 4.78 is 2.36. The third-order valence-electron chi connectivity index (χ3n) is 5.66. The summed E-state index contributed by atoms with van der Waals surface area (Å²) in [7, 11) is 2.20. The minimum absolute atomic E-state index is 0.896. The first-order valence-corrected chi connectivity index (χ1v) is 9.20. The molecular weight excluding hydrogens is 290 g/mol. The predicted molar refractivity (Wildman–Crippen MR) is 101 cm³/mol. The number of pyridine rings is 1. The molecule has 1 nitrogen and oxygen atoms in total. The maximum Gasteiger partial charge on any atom is 0.213 e. The van der Waals surface area contributed by atoms with Gasteiger partial charge in [0.05, 0.1) is 0 Å². The second kappa shape index (κ2) is 6.39. The molecule has 1 aliphatic rings. The second-order valence-electron chi connectivity index (χ2n) is 7.34. The summed E-state index contributed by atoms with van der Waals surface area (Å²) in [5, 5.41) is 1.32. The van der Waals surface area contributed by atoms with Gasteiger partial charge in [-0.05, 0) is 48.6 Å². The van der Waals surface area contributed by atoms with Gasteiger partial charge in [0.25, 0.3) is 0 Å². The van der Waals surface area contributed by atoms with E-state index in [1.54, 1.807) is 0 Å².